The molecule has 0 aliphatic carbocycles. The molecule has 1 aliphatic rings. The lowest BCUT2D eigenvalue weighted by Gasteiger charge is -2.39. The van der Waals surface area contributed by atoms with Crippen molar-refractivity contribution in [1.29, 1.82) is 0 Å². The molecule has 3 aromatic rings. The Hall–Kier alpha value is -3.10. The van der Waals surface area contributed by atoms with Gasteiger partial charge in [-0.15, -0.1) is 0 Å². The summed E-state index contributed by atoms with van der Waals surface area (Å²) in [6, 6.07) is 18.1. The molecular weight excluding hydrogens is 467 g/mol. The van der Waals surface area contributed by atoms with Crippen molar-refractivity contribution in [3.63, 3.8) is 0 Å². The molecule has 0 spiro atoms. The molecule has 6 nitrogen and oxygen atoms in total. The largest absolute Gasteiger partial charge is 0.497 e. The van der Waals surface area contributed by atoms with Crippen LogP contribution in [0.5, 0.6) is 11.5 Å². The van der Waals surface area contributed by atoms with Crippen molar-refractivity contribution in [2.75, 3.05) is 31.6 Å². The van der Waals surface area contributed by atoms with E-state index in [1.54, 1.807) is 32.4 Å². The zero-order chi connectivity index (χ0) is 25.0. The summed E-state index contributed by atoms with van der Waals surface area (Å²) in [5.41, 5.74) is 2.39. The van der Waals surface area contributed by atoms with E-state index in [0.717, 1.165) is 35.7 Å². The molecule has 0 N–H and O–H groups in total. The molecule has 1 aliphatic heterocycles. The lowest BCUT2D eigenvalue weighted by Crippen LogP contribution is -2.47. The number of ether oxygens (including phenoxy) is 2. The van der Waals surface area contributed by atoms with Gasteiger partial charge >= 0.3 is 0 Å². The fraction of sp³-hybridized carbons (Fsp3) is 0.333. The number of piperidine rings is 1. The highest BCUT2D eigenvalue weighted by molar-refractivity contribution is 7.92. The van der Waals surface area contributed by atoms with Crippen LogP contribution in [0.4, 0.5) is 10.1 Å². The van der Waals surface area contributed by atoms with Gasteiger partial charge in [-0.2, -0.15) is 0 Å². The summed E-state index contributed by atoms with van der Waals surface area (Å²) in [6.07, 6.45) is 1.31. The first-order valence-corrected chi connectivity index (χ1v) is 13.1. The van der Waals surface area contributed by atoms with E-state index in [1.165, 1.54) is 28.6 Å². The number of aryl methyl sites for hydroxylation is 1. The van der Waals surface area contributed by atoms with E-state index < -0.39 is 15.8 Å². The third-order valence-electron chi connectivity index (χ3n) is 6.40. The molecule has 1 fully saturated rings. The van der Waals surface area contributed by atoms with Gasteiger partial charge in [-0.25, -0.2) is 12.8 Å². The van der Waals surface area contributed by atoms with E-state index in [2.05, 4.69) is 4.90 Å². The maximum absolute atomic E-state index is 13.8. The number of benzene rings is 3. The number of hydrogen-bond donors (Lipinski definition) is 0. The standard InChI is InChI=1S/C27H31FN2O4S/c1-20-5-4-6-26(17-20)35(31,32)30(23-10-8-22(28)9-11-23)24-13-15-29(16-14-24)19-21-7-12-25(33-2)18-27(21)34-3/h4-12,17-18,24H,13-16,19H2,1-3H3. The Bertz CT molecular complexity index is 1260. The van der Waals surface area contributed by atoms with Gasteiger partial charge in [0, 0.05) is 37.3 Å². The van der Waals surface area contributed by atoms with Crippen LogP contribution in [0.15, 0.2) is 71.6 Å². The van der Waals surface area contributed by atoms with Gasteiger partial charge in [0.2, 0.25) is 0 Å². The van der Waals surface area contributed by atoms with Crippen LogP contribution in [0.3, 0.4) is 0 Å². The van der Waals surface area contributed by atoms with Crippen LogP contribution in [-0.4, -0.2) is 46.7 Å². The molecule has 4 rings (SSSR count). The quantitative estimate of drug-likeness (QED) is 0.437. The van der Waals surface area contributed by atoms with Crippen molar-refractivity contribution in [3.05, 3.63) is 83.7 Å². The van der Waals surface area contributed by atoms with Crippen LogP contribution in [0.2, 0.25) is 0 Å². The average Bonchev–Trinajstić information content (AvgIpc) is 2.86. The molecule has 186 valence electrons. The first-order valence-electron chi connectivity index (χ1n) is 11.6. The van der Waals surface area contributed by atoms with Crippen LogP contribution in [0.1, 0.15) is 24.0 Å². The van der Waals surface area contributed by atoms with Crippen LogP contribution < -0.4 is 13.8 Å². The zero-order valence-corrected chi connectivity index (χ0v) is 21.1. The monoisotopic (exact) mass is 498 g/mol. The number of methoxy groups -OCH3 is 2. The molecule has 1 heterocycles. The lowest BCUT2D eigenvalue weighted by atomic mass is 10.0. The SMILES string of the molecule is COc1ccc(CN2CCC(N(c3ccc(F)cc3)S(=O)(=O)c3cccc(C)c3)CC2)c(OC)c1. The Balaban J connectivity index is 1.56. The Kier molecular flexibility index (Phi) is 7.62. The molecular formula is C27H31FN2O4S. The van der Waals surface area contributed by atoms with Crippen molar-refractivity contribution in [2.45, 2.75) is 37.2 Å². The number of sulfonamides is 1. The predicted octanol–water partition coefficient (Wildman–Crippen LogP) is 5.01. The summed E-state index contributed by atoms with van der Waals surface area (Å²) in [7, 11) is -0.563. The average molecular weight is 499 g/mol. The maximum Gasteiger partial charge on any atom is 0.264 e. The number of halogens is 1. The number of nitrogens with zero attached hydrogens (tertiary/aromatic N) is 2. The van der Waals surface area contributed by atoms with Crippen LogP contribution >= 0.6 is 0 Å². The molecule has 0 saturated carbocycles. The molecule has 3 aromatic carbocycles. The molecule has 1 saturated heterocycles. The van der Waals surface area contributed by atoms with E-state index in [-0.39, 0.29) is 10.9 Å². The predicted molar refractivity (Wildman–Crippen MR) is 135 cm³/mol. The van der Waals surface area contributed by atoms with Gasteiger partial charge in [0.05, 0.1) is 24.8 Å². The first-order chi connectivity index (χ1) is 16.8. The van der Waals surface area contributed by atoms with Crippen LogP contribution in [0.25, 0.3) is 0 Å². The van der Waals surface area contributed by atoms with Crippen molar-refractivity contribution in [2.24, 2.45) is 0 Å². The van der Waals surface area contributed by atoms with Gasteiger partial charge in [-0.1, -0.05) is 18.2 Å². The molecule has 0 atom stereocenters. The highest BCUT2D eigenvalue weighted by atomic mass is 32.2. The van der Waals surface area contributed by atoms with Crippen LogP contribution in [0, 0.1) is 12.7 Å². The first kappa shape index (κ1) is 25.0. The summed E-state index contributed by atoms with van der Waals surface area (Å²) < 4.78 is 53.5. The van der Waals surface area contributed by atoms with Crippen molar-refractivity contribution >= 4 is 15.7 Å². The number of anilines is 1. The van der Waals surface area contributed by atoms with E-state index in [1.807, 2.05) is 31.2 Å². The van der Waals surface area contributed by atoms with Crippen molar-refractivity contribution in [3.8, 4) is 11.5 Å². The van der Waals surface area contributed by atoms with Gasteiger partial charge in [-0.05, 0) is 67.8 Å². The van der Waals surface area contributed by atoms with Crippen LogP contribution in [-0.2, 0) is 16.6 Å². The Morgan fingerprint density at radius 2 is 1.69 bits per heavy atom. The van der Waals surface area contributed by atoms with Crippen molar-refractivity contribution in [1.82, 2.24) is 4.90 Å². The Morgan fingerprint density at radius 3 is 2.31 bits per heavy atom. The zero-order valence-electron chi connectivity index (χ0n) is 20.3. The number of hydrogen-bond acceptors (Lipinski definition) is 5. The minimum atomic E-state index is -3.83. The lowest BCUT2D eigenvalue weighted by molar-refractivity contribution is 0.204. The normalized spacial score (nSPS) is 15.1. The molecule has 0 bridgehead atoms. The van der Waals surface area contributed by atoms with E-state index >= 15 is 0 Å². The third kappa shape index (κ3) is 5.60. The maximum atomic E-state index is 13.8. The molecule has 0 amide bonds. The van der Waals surface area contributed by atoms with Gasteiger partial charge < -0.3 is 9.47 Å². The minimum absolute atomic E-state index is 0.236. The fourth-order valence-electron chi connectivity index (χ4n) is 4.56. The van der Waals surface area contributed by atoms with Gasteiger partial charge in [0.15, 0.2) is 0 Å². The topological polar surface area (TPSA) is 59.1 Å². The second-order valence-corrected chi connectivity index (χ2v) is 10.6. The van der Waals surface area contributed by atoms with Gasteiger partial charge in [-0.3, -0.25) is 9.21 Å². The summed E-state index contributed by atoms with van der Waals surface area (Å²) in [6.45, 7) is 4.01. The summed E-state index contributed by atoms with van der Waals surface area (Å²) >= 11 is 0. The Labute approximate surface area is 206 Å². The van der Waals surface area contributed by atoms with Gasteiger partial charge in [0.25, 0.3) is 10.0 Å². The Morgan fingerprint density at radius 1 is 0.971 bits per heavy atom. The minimum Gasteiger partial charge on any atom is -0.497 e. The molecule has 0 radical (unpaired) electrons. The summed E-state index contributed by atoms with van der Waals surface area (Å²) in [5, 5.41) is 0. The highest BCUT2D eigenvalue weighted by Crippen LogP contribution is 2.32. The second-order valence-electron chi connectivity index (χ2n) is 8.78. The third-order valence-corrected chi connectivity index (χ3v) is 8.28. The smallest absolute Gasteiger partial charge is 0.264 e. The van der Waals surface area contributed by atoms with Crippen molar-refractivity contribution < 1.29 is 22.3 Å². The molecule has 35 heavy (non-hydrogen) atoms. The number of likely N-dealkylation sites (tertiary alicyclic amines) is 1. The molecule has 0 unspecified atom stereocenters. The highest BCUT2D eigenvalue weighted by Gasteiger charge is 2.34. The summed E-state index contributed by atoms with van der Waals surface area (Å²) in [4.78, 5) is 2.54. The molecule has 0 aromatic heterocycles. The number of rotatable bonds is 8. The van der Waals surface area contributed by atoms with E-state index in [4.69, 9.17) is 9.47 Å². The van der Waals surface area contributed by atoms with E-state index in [0.29, 0.717) is 25.1 Å². The van der Waals surface area contributed by atoms with Gasteiger partial charge in [0.1, 0.15) is 17.3 Å². The summed E-state index contributed by atoms with van der Waals surface area (Å²) in [5.74, 6) is 1.10. The fourth-order valence-corrected chi connectivity index (χ4v) is 6.37. The molecule has 8 heteroatoms. The van der Waals surface area contributed by atoms with E-state index in [9.17, 15) is 12.8 Å². The second kappa shape index (κ2) is 10.7.